The molecule has 0 spiro atoms. The van der Waals surface area contributed by atoms with Gasteiger partial charge in [-0.25, -0.2) is 0 Å². The summed E-state index contributed by atoms with van der Waals surface area (Å²) in [5.41, 5.74) is 0.994. The molecule has 0 saturated carbocycles. The second kappa shape index (κ2) is 10.8. The Bertz CT molecular complexity index is 1160. The highest BCUT2D eigenvalue weighted by Crippen LogP contribution is 2.24. The van der Waals surface area contributed by atoms with Gasteiger partial charge in [-0.1, -0.05) is 24.2 Å². The van der Waals surface area contributed by atoms with Gasteiger partial charge in [0.15, 0.2) is 5.82 Å². The van der Waals surface area contributed by atoms with E-state index in [-0.39, 0.29) is 23.7 Å². The summed E-state index contributed by atoms with van der Waals surface area (Å²) in [4.78, 5) is 11.7. The molecule has 1 fully saturated rings. The zero-order valence-electron chi connectivity index (χ0n) is 19.9. The van der Waals surface area contributed by atoms with Gasteiger partial charge in [-0.15, -0.1) is 23.4 Å². The fraction of sp³-hybridized carbons (Fsp3) is 0.435. The van der Waals surface area contributed by atoms with Crippen molar-refractivity contribution in [3.05, 3.63) is 47.8 Å². The predicted molar refractivity (Wildman–Crippen MR) is 122 cm³/mol. The summed E-state index contributed by atoms with van der Waals surface area (Å²) in [5, 5.41) is 15.9. The summed E-state index contributed by atoms with van der Waals surface area (Å²) in [6.07, 6.45) is -3.25. The van der Waals surface area contributed by atoms with Gasteiger partial charge in [0, 0.05) is 44.0 Å². The molecule has 3 heterocycles. The minimum Gasteiger partial charge on any atom is -0.473 e. The molecule has 1 aliphatic rings. The number of hydrogen-bond acceptors (Lipinski definition) is 10. The van der Waals surface area contributed by atoms with E-state index in [1.165, 1.54) is 24.3 Å². The largest absolute Gasteiger partial charge is 0.573 e. The van der Waals surface area contributed by atoms with Gasteiger partial charge < -0.3 is 23.7 Å². The van der Waals surface area contributed by atoms with Crippen LogP contribution in [-0.2, 0) is 0 Å². The Morgan fingerprint density at radius 2 is 1.72 bits per heavy atom. The van der Waals surface area contributed by atoms with Crippen molar-refractivity contribution in [2.45, 2.75) is 52.0 Å². The molecule has 1 aromatic carbocycles. The van der Waals surface area contributed by atoms with E-state index in [2.05, 4.69) is 30.2 Å². The van der Waals surface area contributed by atoms with Crippen LogP contribution in [0.4, 0.5) is 19.2 Å². The lowest BCUT2D eigenvalue weighted by molar-refractivity contribution is -0.274. The van der Waals surface area contributed by atoms with Gasteiger partial charge in [0.05, 0.1) is 5.71 Å². The van der Waals surface area contributed by atoms with Crippen molar-refractivity contribution in [2.24, 2.45) is 5.16 Å². The zero-order valence-corrected chi connectivity index (χ0v) is 19.9. The van der Waals surface area contributed by atoms with Gasteiger partial charge in [-0.2, -0.15) is 4.98 Å². The normalized spacial score (nSPS) is 15.3. The Labute approximate surface area is 205 Å². The molecule has 1 saturated heterocycles. The van der Waals surface area contributed by atoms with Crippen LogP contribution < -0.4 is 19.2 Å². The van der Waals surface area contributed by atoms with Gasteiger partial charge >= 0.3 is 12.4 Å². The molecule has 4 rings (SSSR count). The molecule has 0 radical (unpaired) electrons. The summed E-state index contributed by atoms with van der Waals surface area (Å²) in [6.45, 7) is 7.11. The van der Waals surface area contributed by atoms with Crippen LogP contribution in [0, 0.1) is 0 Å². The monoisotopic (exact) mass is 506 g/mol. The number of oxime groups is 1. The molecular weight excluding hydrogens is 481 g/mol. The first kappa shape index (κ1) is 25.2. The number of nitrogens with zero attached hydrogens (tertiary/aromatic N) is 6. The SMILES string of the molecule is CC(=NOc1ccc(OC2CCN(c3nc(C(C)C)no3)CC2)nn1)c1ccc(OC(F)(F)F)cc1. The number of aromatic nitrogens is 4. The summed E-state index contributed by atoms with van der Waals surface area (Å²) in [6, 6.07) is 9.01. The second-order valence-electron chi connectivity index (χ2n) is 8.44. The van der Waals surface area contributed by atoms with Crippen molar-refractivity contribution in [1.29, 1.82) is 0 Å². The lowest BCUT2D eigenvalue weighted by atomic mass is 10.1. The maximum Gasteiger partial charge on any atom is 0.573 e. The molecule has 10 nitrogen and oxygen atoms in total. The fourth-order valence-electron chi connectivity index (χ4n) is 3.41. The van der Waals surface area contributed by atoms with Gasteiger partial charge in [-0.05, 0) is 36.8 Å². The number of benzene rings is 1. The lowest BCUT2D eigenvalue weighted by Crippen LogP contribution is -2.38. The van der Waals surface area contributed by atoms with Gasteiger partial charge in [0.1, 0.15) is 11.9 Å². The maximum absolute atomic E-state index is 12.3. The second-order valence-corrected chi connectivity index (χ2v) is 8.44. The molecule has 3 aromatic rings. The average molecular weight is 506 g/mol. The third-order valence-corrected chi connectivity index (χ3v) is 5.34. The van der Waals surface area contributed by atoms with Crippen molar-refractivity contribution >= 4 is 11.7 Å². The van der Waals surface area contributed by atoms with E-state index in [0.717, 1.165) is 25.9 Å². The Balaban J connectivity index is 1.25. The number of hydrogen-bond donors (Lipinski definition) is 0. The van der Waals surface area contributed by atoms with Gasteiger partial charge in [0.2, 0.25) is 5.88 Å². The molecule has 36 heavy (non-hydrogen) atoms. The Kier molecular flexibility index (Phi) is 7.55. The summed E-state index contributed by atoms with van der Waals surface area (Å²) in [5.74, 6) is 1.08. The molecule has 192 valence electrons. The number of halogens is 3. The standard InChI is InChI=1S/C23H25F3N6O4/c1-14(2)21-27-22(36-31-21)32-12-10-17(11-13-32)33-19-8-9-20(29-28-19)35-30-15(3)16-4-6-18(7-5-16)34-23(24,25)26/h4-9,14,17H,10-13H2,1-3H3. The predicted octanol–water partition coefficient (Wildman–Crippen LogP) is 4.73. The Morgan fingerprint density at radius 3 is 2.31 bits per heavy atom. The molecule has 0 N–H and O–H groups in total. The van der Waals surface area contributed by atoms with Crippen LogP contribution >= 0.6 is 0 Å². The van der Waals surface area contributed by atoms with E-state index in [1.54, 1.807) is 19.1 Å². The Hall–Kier alpha value is -3.90. The smallest absolute Gasteiger partial charge is 0.473 e. The molecule has 2 aromatic heterocycles. The summed E-state index contributed by atoms with van der Waals surface area (Å²) < 4.78 is 52.0. The maximum atomic E-state index is 12.3. The van der Waals surface area contributed by atoms with Crippen LogP contribution in [0.15, 0.2) is 46.1 Å². The molecule has 0 bridgehead atoms. The molecule has 0 unspecified atom stereocenters. The van der Waals surface area contributed by atoms with Gasteiger partial charge in [0.25, 0.3) is 5.88 Å². The minimum atomic E-state index is -4.74. The highest BCUT2D eigenvalue weighted by atomic mass is 19.4. The first-order valence-corrected chi connectivity index (χ1v) is 11.3. The van der Waals surface area contributed by atoms with E-state index in [0.29, 0.717) is 29.0 Å². The van der Waals surface area contributed by atoms with E-state index < -0.39 is 6.36 Å². The van der Waals surface area contributed by atoms with Crippen LogP contribution in [0.3, 0.4) is 0 Å². The van der Waals surface area contributed by atoms with Crippen molar-refractivity contribution in [3.63, 3.8) is 0 Å². The average Bonchev–Trinajstić information content (AvgIpc) is 3.34. The summed E-state index contributed by atoms with van der Waals surface area (Å²) >= 11 is 0. The Morgan fingerprint density at radius 1 is 1.06 bits per heavy atom. The number of alkyl halides is 3. The van der Waals surface area contributed by atoms with E-state index in [4.69, 9.17) is 14.1 Å². The fourth-order valence-corrected chi connectivity index (χ4v) is 3.41. The number of piperidine rings is 1. The quantitative estimate of drug-likeness (QED) is 0.316. The third kappa shape index (κ3) is 6.83. The molecule has 0 amide bonds. The third-order valence-electron chi connectivity index (χ3n) is 5.34. The molecule has 0 atom stereocenters. The van der Waals surface area contributed by atoms with E-state index >= 15 is 0 Å². The van der Waals surface area contributed by atoms with Crippen molar-refractivity contribution in [2.75, 3.05) is 18.0 Å². The van der Waals surface area contributed by atoms with Crippen molar-refractivity contribution in [3.8, 4) is 17.5 Å². The number of anilines is 1. The van der Waals surface area contributed by atoms with Crippen LogP contribution in [0.5, 0.6) is 17.5 Å². The molecule has 1 aliphatic heterocycles. The number of ether oxygens (including phenoxy) is 2. The lowest BCUT2D eigenvalue weighted by Gasteiger charge is -2.30. The number of rotatable bonds is 8. The molecule has 0 aliphatic carbocycles. The first-order valence-electron chi connectivity index (χ1n) is 11.3. The van der Waals surface area contributed by atoms with Crippen LogP contribution in [0.25, 0.3) is 0 Å². The van der Waals surface area contributed by atoms with Gasteiger partial charge in [-0.3, -0.25) is 0 Å². The van der Waals surface area contributed by atoms with Crippen molar-refractivity contribution < 1.29 is 32.0 Å². The van der Waals surface area contributed by atoms with E-state index in [9.17, 15) is 13.2 Å². The summed E-state index contributed by atoms with van der Waals surface area (Å²) in [7, 11) is 0. The first-order chi connectivity index (χ1) is 17.2. The minimum absolute atomic E-state index is 0.0284. The van der Waals surface area contributed by atoms with Crippen LogP contribution in [0.1, 0.15) is 50.9 Å². The zero-order chi connectivity index (χ0) is 25.7. The van der Waals surface area contributed by atoms with Crippen LogP contribution in [-0.4, -0.2) is 51.6 Å². The molecule has 13 heteroatoms. The van der Waals surface area contributed by atoms with E-state index in [1.807, 2.05) is 18.7 Å². The highest BCUT2D eigenvalue weighted by molar-refractivity contribution is 5.98. The highest BCUT2D eigenvalue weighted by Gasteiger charge is 2.31. The van der Waals surface area contributed by atoms with Crippen molar-refractivity contribution in [1.82, 2.24) is 20.3 Å². The van der Waals surface area contributed by atoms with Crippen LogP contribution in [0.2, 0.25) is 0 Å². The molecular formula is C23H25F3N6O4. The topological polar surface area (TPSA) is 108 Å².